The third-order valence-corrected chi connectivity index (χ3v) is 4.45. The van der Waals surface area contributed by atoms with Crippen LogP contribution in [0.1, 0.15) is 24.0 Å². The number of piperidine rings is 1. The molecular formula is C20H21N3O. The zero-order valence-corrected chi connectivity index (χ0v) is 13.6. The van der Waals surface area contributed by atoms with Gasteiger partial charge in [0.15, 0.2) is 0 Å². The van der Waals surface area contributed by atoms with Gasteiger partial charge in [0.2, 0.25) is 5.91 Å². The summed E-state index contributed by atoms with van der Waals surface area (Å²) in [6.07, 6.45) is 1.91. The molecular weight excluding hydrogens is 298 g/mol. The lowest BCUT2D eigenvalue weighted by Crippen LogP contribution is -2.40. The molecule has 24 heavy (non-hydrogen) atoms. The number of likely N-dealkylation sites (tertiary alicyclic amines) is 1. The van der Waals surface area contributed by atoms with Gasteiger partial charge in [0, 0.05) is 18.8 Å². The molecule has 0 spiro atoms. The molecule has 1 fully saturated rings. The van der Waals surface area contributed by atoms with Gasteiger partial charge in [-0.05, 0) is 43.1 Å². The molecule has 4 heteroatoms. The molecule has 1 aliphatic heterocycles. The van der Waals surface area contributed by atoms with Crippen LogP contribution in [-0.4, -0.2) is 23.9 Å². The van der Waals surface area contributed by atoms with Crippen molar-refractivity contribution in [2.24, 2.45) is 5.92 Å². The normalized spacial score (nSPS) is 17.9. The fraction of sp³-hybridized carbons (Fsp3) is 0.300. The van der Waals surface area contributed by atoms with Crippen LogP contribution in [0, 0.1) is 17.2 Å². The highest BCUT2D eigenvalue weighted by Crippen LogP contribution is 2.21. The number of nitrogens with one attached hydrogen (secondary N) is 1. The van der Waals surface area contributed by atoms with Crippen molar-refractivity contribution in [2.45, 2.75) is 19.4 Å². The van der Waals surface area contributed by atoms with Crippen LogP contribution in [0.4, 0.5) is 5.69 Å². The van der Waals surface area contributed by atoms with Crippen LogP contribution in [0.25, 0.3) is 0 Å². The second kappa shape index (κ2) is 7.76. The van der Waals surface area contributed by atoms with Gasteiger partial charge in [0.25, 0.3) is 0 Å². The molecule has 1 aliphatic rings. The largest absolute Gasteiger partial charge is 0.326 e. The van der Waals surface area contributed by atoms with Crippen LogP contribution in [0.15, 0.2) is 54.6 Å². The summed E-state index contributed by atoms with van der Waals surface area (Å²) in [4.78, 5) is 14.8. The minimum atomic E-state index is -0.00629. The van der Waals surface area contributed by atoms with E-state index in [1.807, 2.05) is 54.6 Å². The molecule has 1 atom stereocenters. The van der Waals surface area contributed by atoms with Crippen molar-refractivity contribution < 1.29 is 4.79 Å². The van der Waals surface area contributed by atoms with Gasteiger partial charge in [0.05, 0.1) is 17.6 Å². The number of anilines is 1. The van der Waals surface area contributed by atoms with Crippen molar-refractivity contribution in [1.29, 1.82) is 5.26 Å². The summed E-state index contributed by atoms with van der Waals surface area (Å²) in [6.45, 7) is 2.42. The predicted molar refractivity (Wildman–Crippen MR) is 94.2 cm³/mol. The summed E-state index contributed by atoms with van der Waals surface area (Å²) < 4.78 is 0. The van der Waals surface area contributed by atoms with E-state index in [1.54, 1.807) is 0 Å². The van der Waals surface area contributed by atoms with E-state index in [0.29, 0.717) is 5.56 Å². The van der Waals surface area contributed by atoms with Crippen molar-refractivity contribution in [2.75, 3.05) is 18.4 Å². The fourth-order valence-electron chi connectivity index (χ4n) is 3.19. The lowest BCUT2D eigenvalue weighted by atomic mass is 9.96. The van der Waals surface area contributed by atoms with E-state index in [9.17, 15) is 10.1 Å². The van der Waals surface area contributed by atoms with Gasteiger partial charge in [-0.15, -0.1) is 0 Å². The Hall–Kier alpha value is -2.64. The average Bonchev–Trinajstić information content (AvgIpc) is 2.63. The van der Waals surface area contributed by atoms with Gasteiger partial charge in [-0.1, -0.05) is 36.4 Å². The highest BCUT2D eigenvalue weighted by Gasteiger charge is 2.26. The molecule has 0 aliphatic carbocycles. The predicted octanol–water partition coefficient (Wildman–Crippen LogP) is 3.41. The summed E-state index contributed by atoms with van der Waals surface area (Å²) >= 11 is 0. The minimum absolute atomic E-state index is 0.00629. The lowest BCUT2D eigenvalue weighted by molar-refractivity contribution is -0.121. The first-order chi connectivity index (χ1) is 11.8. The van der Waals surface area contributed by atoms with Crippen LogP contribution in [0.2, 0.25) is 0 Å². The monoisotopic (exact) mass is 319 g/mol. The van der Waals surface area contributed by atoms with E-state index < -0.39 is 0 Å². The van der Waals surface area contributed by atoms with Gasteiger partial charge < -0.3 is 5.32 Å². The number of hydrogen-bond acceptors (Lipinski definition) is 3. The molecule has 1 N–H and O–H groups in total. The number of rotatable bonds is 4. The molecule has 0 radical (unpaired) electrons. The molecule has 1 amide bonds. The molecule has 0 bridgehead atoms. The highest BCUT2D eigenvalue weighted by molar-refractivity contribution is 5.92. The van der Waals surface area contributed by atoms with E-state index in [-0.39, 0.29) is 11.8 Å². The number of carbonyl (C=O) groups is 1. The van der Waals surface area contributed by atoms with E-state index in [4.69, 9.17) is 0 Å². The van der Waals surface area contributed by atoms with Crippen molar-refractivity contribution in [3.8, 4) is 6.07 Å². The van der Waals surface area contributed by atoms with Gasteiger partial charge in [-0.25, -0.2) is 0 Å². The second-order valence-corrected chi connectivity index (χ2v) is 6.20. The highest BCUT2D eigenvalue weighted by atomic mass is 16.1. The number of para-hydroxylation sites is 1. The van der Waals surface area contributed by atoms with E-state index in [2.05, 4.69) is 16.3 Å². The van der Waals surface area contributed by atoms with Crippen LogP contribution >= 0.6 is 0 Å². The molecule has 0 saturated carbocycles. The molecule has 1 saturated heterocycles. The zero-order chi connectivity index (χ0) is 16.8. The summed E-state index contributed by atoms with van der Waals surface area (Å²) in [5.41, 5.74) is 2.59. The third kappa shape index (κ3) is 4.01. The molecule has 2 aromatic rings. The number of amides is 1. The number of benzene rings is 2. The van der Waals surface area contributed by atoms with E-state index in [0.717, 1.165) is 43.7 Å². The quantitative estimate of drug-likeness (QED) is 0.939. The van der Waals surface area contributed by atoms with Crippen LogP contribution in [-0.2, 0) is 11.3 Å². The molecule has 3 rings (SSSR count). The maximum atomic E-state index is 12.5. The van der Waals surface area contributed by atoms with Crippen molar-refractivity contribution in [3.05, 3.63) is 65.7 Å². The summed E-state index contributed by atoms with van der Waals surface area (Å²) in [7, 11) is 0. The van der Waals surface area contributed by atoms with Crippen molar-refractivity contribution in [3.63, 3.8) is 0 Å². The Balaban J connectivity index is 1.62. The van der Waals surface area contributed by atoms with Crippen LogP contribution in [0.5, 0.6) is 0 Å². The van der Waals surface area contributed by atoms with Crippen LogP contribution < -0.4 is 5.32 Å². The first kappa shape index (κ1) is 16.2. The Morgan fingerprint density at radius 1 is 1.17 bits per heavy atom. The lowest BCUT2D eigenvalue weighted by Gasteiger charge is -2.32. The summed E-state index contributed by atoms with van der Waals surface area (Å²) in [5.74, 6) is 0.0765. The average molecular weight is 319 g/mol. The standard InChI is InChI=1S/C20H21N3O/c21-13-16-7-4-5-8-17(16)14-23-12-6-9-18(15-23)20(24)22-19-10-2-1-3-11-19/h1-5,7-8,10-11,18H,6,9,12,14-15H2,(H,22,24)/t18-/m1/s1. The molecule has 122 valence electrons. The fourth-order valence-corrected chi connectivity index (χ4v) is 3.19. The Morgan fingerprint density at radius 2 is 1.92 bits per heavy atom. The second-order valence-electron chi connectivity index (χ2n) is 6.20. The minimum Gasteiger partial charge on any atom is -0.326 e. The molecule has 1 heterocycles. The van der Waals surface area contributed by atoms with E-state index >= 15 is 0 Å². The van der Waals surface area contributed by atoms with E-state index in [1.165, 1.54) is 0 Å². The third-order valence-electron chi connectivity index (χ3n) is 4.45. The topological polar surface area (TPSA) is 56.1 Å². The SMILES string of the molecule is N#Cc1ccccc1CN1CCC[C@@H](C(=O)Nc2ccccc2)C1. The van der Waals surface area contributed by atoms with Gasteiger partial charge in [-0.3, -0.25) is 9.69 Å². The maximum Gasteiger partial charge on any atom is 0.228 e. The smallest absolute Gasteiger partial charge is 0.228 e. The maximum absolute atomic E-state index is 12.5. The number of nitrogens with zero attached hydrogens (tertiary/aromatic N) is 2. The molecule has 2 aromatic carbocycles. The van der Waals surface area contributed by atoms with Gasteiger partial charge >= 0.3 is 0 Å². The Bertz CT molecular complexity index is 736. The van der Waals surface area contributed by atoms with Crippen molar-refractivity contribution >= 4 is 11.6 Å². The number of hydrogen-bond donors (Lipinski definition) is 1. The summed E-state index contributed by atoms with van der Waals surface area (Å²) in [5, 5.41) is 12.2. The number of nitriles is 1. The zero-order valence-electron chi connectivity index (χ0n) is 13.6. The first-order valence-electron chi connectivity index (χ1n) is 8.32. The van der Waals surface area contributed by atoms with Gasteiger partial charge in [-0.2, -0.15) is 5.26 Å². The van der Waals surface area contributed by atoms with Gasteiger partial charge in [0.1, 0.15) is 0 Å². The van der Waals surface area contributed by atoms with Crippen molar-refractivity contribution in [1.82, 2.24) is 4.90 Å². The molecule has 0 aromatic heterocycles. The van der Waals surface area contributed by atoms with Crippen LogP contribution in [0.3, 0.4) is 0 Å². The Labute approximate surface area is 142 Å². The summed E-state index contributed by atoms with van der Waals surface area (Å²) in [6, 6.07) is 19.5. The molecule has 0 unspecified atom stereocenters. The first-order valence-corrected chi connectivity index (χ1v) is 8.32. The molecule has 4 nitrogen and oxygen atoms in total. The Kier molecular flexibility index (Phi) is 5.25. The number of carbonyl (C=O) groups excluding carboxylic acids is 1. The Morgan fingerprint density at radius 3 is 2.71 bits per heavy atom.